The zero-order chi connectivity index (χ0) is 15.6. The number of anilines is 2. The van der Waals surface area contributed by atoms with Gasteiger partial charge >= 0.3 is 6.18 Å². The van der Waals surface area contributed by atoms with Crippen LogP contribution in [0.3, 0.4) is 0 Å². The number of hydrogen-bond donors (Lipinski definition) is 2. The first-order chi connectivity index (χ1) is 9.81. The van der Waals surface area contributed by atoms with Crippen molar-refractivity contribution < 1.29 is 13.2 Å². The third kappa shape index (κ3) is 3.43. The molecule has 0 aliphatic heterocycles. The summed E-state index contributed by atoms with van der Waals surface area (Å²) in [5.74, 6) is -0.0405. The molecule has 10 heteroatoms. The summed E-state index contributed by atoms with van der Waals surface area (Å²) < 4.78 is 38.5. The number of nitrogens with two attached hydrogens (primary N) is 1. The van der Waals surface area contributed by atoms with Crippen molar-refractivity contribution >= 4 is 27.6 Å². The van der Waals surface area contributed by atoms with Crippen LogP contribution in [-0.4, -0.2) is 27.5 Å². The third-order valence-corrected chi connectivity index (χ3v) is 2.89. The van der Waals surface area contributed by atoms with Crippen molar-refractivity contribution in [1.29, 1.82) is 5.26 Å². The molecule has 0 spiro atoms. The molecule has 0 fully saturated rings. The lowest BCUT2D eigenvalue weighted by Crippen LogP contribution is -2.22. The highest BCUT2D eigenvalue weighted by Crippen LogP contribution is 2.25. The number of halogens is 4. The van der Waals surface area contributed by atoms with Gasteiger partial charge in [-0.1, -0.05) is 0 Å². The van der Waals surface area contributed by atoms with Gasteiger partial charge in [-0.2, -0.15) is 23.1 Å². The predicted octanol–water partition coefficient (Wildman–Crippen LogP) is 2.46. The number of nitrogens with one attached hydrogen (secondary N) is 1. The zero-order valence-electron chi connectivity index (χ0n) is 10.3. The standard InChI is InChI=1S/C11H8BrF3N6/c12-6-1-2-8(18-4-6)21-9(17)7(3-16)10(20-21)19-5-11(13,14)15/h1-2,4H,5,17H2,(H,19,20). The van der Waals surface area contributed by atoms with Crippen LogP contribution in [0.25, 0.3) is 5.82 Å². The highest BCUT2D eigenvalue weighted by atomic mass is 79.9. The van der Waals surface area contributed by atoms with Crippen LogP contribution in [0.5, 0.6) is 0 Å². The molecule has 110 valence electrons. The average Bonchev–Trinajstić information content (AvgIpc) is 2.73. The predicted molar refractivity (Wildman–Crippen MR) is 72.7 cm³/mol. The number of rotatable bonds is 3. The molecule has 21 heavy (non-hydrogen) atoms. The Hall–Kier alpha value is -2.28. The summed E-state index contributed by atoms with van der Waals surface area (Å²) in [5.41, 5.74) is 5.57. The summed E-state index contributed by atoms with van der Waals surface area (Å²) in [5, 5.41) is 14.9. The number of nitrogen functional groups attached to an aromatic ring is 1. The van der Waals surface area contributed by atoms with E-state index in [0.29, 0.717) is 4.47 Å². The lowest BCUT2D eigenvalue weighted by molar-refractivity contribution is -0.115. The second kappa shape index (κ2) is 5.61. The molecule has 0 aliphatic carbocycles. The minimum Gasteiger partial charge on any atom is -0.382 e. The second-order valence-corrected chi connectivity index (χ2v) is 4.85. The van der Waals surface area contributed by atoms with Crippen LogP contribution in [0.4, 0.5) is 24.8 Å². The molecule has 3 N–H and O–H groups in total. The highest BCUT2D eigenvalue weighted by Gasteiger charge is 2.28. The molecular formula is C11H8BrF3N6. The van der Waals surface area contributed by atoms with Gasteiger partial charge in [-0.3, -0.25) is 0 Å². The summed E-state index contributed by atoms with van der Waals surface area (Å²) in [6.07, 6.45) is -2.95. The van der Waals surface area contributed by atoms with E-state index in [0.717, 1.165) is 4.68 Å². The molecule has 2 rings (SSSR count). The van der Waals surface area contributed by atoms with E-state index in [2.05, 4.69) is 31.3 Å². The zero-order valence-corrected chi connectivity index (χ0v) is 11.9. The number of nitriles is 1. The van der Waals surface area contributed by atoms with Crippen molar-refractivity contribution in [3.63, 3.8) is 0 Å². The van der Waals surface area contributed by atoms with Crippen molar-refractivity contribution in [2.45, 2.75) is 6.18 Å². The lowest BCUT2D eigenvalue weighted by atomic mass is 10.3. The fourth-order valence-electron chi connectivity index (χ4n) is 1.52. The van der Waals surface area contributed by atoms with E-state index in [9.17, 15) is 13.2 Å². The van der Waals surface area contributed by atoms with Crippen LogP contribution in [0.2, 0.25) is 0 Å². The van der Waals surface area contributed by atoms with Crippen LogP contribution < -0.4 is 11.1 Å². The minimum absolute atomic E-state index is 0.0861. The fourth-order valence-corrected chi connectivity index (χ4v) is 1.75. The number of alkyl halides is 3. The number of nitrogens with zero attached hydrogens (tertiary/aromatic N) is 4. The van der Waals surface area contributed by atoms with Crippen molar-refractivity contribution in [3.8, 4) is 11.9 Å². The van der Waals surface area contributed by atoms with E-state index in [-0.39, 0.29) is 23.0 Å². The molecule has 0 amide bonds. The van der Waals surface area contributed by atoms with Gasteiger partial charge in [-0.05, 0) is 28.1 Å². The lowest BCUT2D eigenvalue weighted by Gasteiger charge is -2.06. The summed E-state index contributed by atoms with van der Waals surface area (Å²) in [6.45, 7) is -1.31. The highest BCUT2D eigenvalue weighted by molar-refractivity contribution is 9.10. The quantitative estimate of drug-likeness (QED) is 0.876. The number of hydrogen-bond acceptors (Lipinski definition) is 5. The molecule has 2 aromatic heterocycles. The normalized spacial score (nSPS) is 11.2. The molecule has 2 heterocycles. The first-order valence-electron chi connectivity index (χ1n) is 5.53. The Balaban J connectivity index is 2.38. The summed E-state index contributed by atoms with van der Waals surface area (Å²) >= 11 is 3.20. The molecule has 0 aromatic carbocycles. The van der Waals surface area contributed by atoms with Crippen LogP contribution >= 0.6 is 15.9 Å². The SMILES string of the molecule is N#Cc1c(NCC(F)(F)F)nn(-c2ccc(Br)cn2)c1N. The van der Waals surface area contributed by atoms with Crippen LogP contribution in [0.1, 0.15) is 5.56 Å². The Morgan fingerprint density at radius 3 is 2.67 bits per heavy atom. The maximum Gasteiger partial charge on any atom is 0.405 e. The Bertz CT molecular complexity index is 686. The Morgan fingerprint density at radius 1 is 1.43 bits per heavy atom. The Labute approximate surface area is 125 Å². The molecule has 0 radical (unpaired) electrons. The Kier molecular flexibility index (Phi) is 4.04. The van der Waals surface area contributed by atoms with Gasteiger partial charge in [0, 0.05) is 10.7 Å². The third-order valence-electron chi connectivity index (χ3n) is 2.42. The molecule has 0 saturated carbocycles. The average molecular weight is 361 g/mol. The minimum atomic E-state index is -4.43. The Morgan fingerprint density at radius 2 is 2.14 bits per heavy atom. The van der Waals surface area contributed by atoms with Gasteiger partial charge in [-0.25, -0.2) is 4.98 Å². The van der Waals surface area contributed by atoms with Crippen molar-refractivity contribution in [2.24, 2.45) is 0 Å². The second-order valence-electron chi connectivity index (χ2n) is 3.94. The molecule has 0 saturated heterocycles. The monoisotopic (exact) mass is 360 g/mol. The summed E-state index contributed by atoms with van der Waals surface area (Å²) in [7, 11) is 0. The van der Waals surface area contributed by atoms with Gasteiger partial charge in [-0.15, -0.1) is 5.10 Å². The molecule has 0 unspecified atom stereocenters. The van der Waals surface area contributed by atoms with Gasteiger partial charge in [0.15, 0.2) is 11.6 Å². The van der Waals surface area contributed by atoms with Crippen LogP contribution in [0.15, 0.2) is 22.8 Å². The first kappa shape index (κ1) is 15.1. The first-order valence-corrected chi connectivity index (χ1v) is 6.32. The van der Waals surface area contributed by atoms with E-state index in [1.54, 1.807) is 18.2 Å². The van der Waals surface area contributed by atoms with Gasteiger partial charge in [0.05, 0.1) is 0 Å². The number of aromatic nitrogens is 3. The summed E-state index contributed by atoms with van der Waals surface area (Å²) in [6, 6.07) is 4.95. The summed E-state index contributed by atoms with van der Waals surface area (Å²) in [4.78, 5) is 4.02. The topological polar surface area (TPSA) is 92.5 Å². The van der Waals surface area contributed by atoms with Crippen LogP contribution in [0, 0.1) is 11.3 Å². The van der Waals surface area contributed by atoms with E-state index < -0.39 is 12.7 Å². The van der Waals surface area contributed by atoms with Gasteiger partial charge in [0.2, 0.25) is 0 Å². The van der Waals surface area contributed by atoms with Crippen molar-refractivity contribution in [2.75, 3.05) is 17.6 Å². The van der Waals surface area contributed by atoms with Crippen molar-refractivity contribution in [3.05, 3.63) is 28.4 Å². The van der Waals surface area contributed by atoms with Gasteiger partial charge in [0.25, 0.3) is 0 Å². The smallest absolute Gasteiger partial charge is 0.382 e. The molecule has 0 aliphatic rings. The fraction of sp³-hybridized carbons (Fsp3) is 0.182. The largest absolute Gasteiger partial charge is 0.405 e. The maximum atomic E-state index is 12.2. The number of pyridine rings is 1. The van der Waals surface area contributed by atoms with E-state index >= 15 is 0 Å². The van der Waals surface area contributed by atoms with E-state index in [1.165, 1.54) is 6.20 Å². The van der Waals surface area contributed by atoms with Gasteiger partial charge < -0.3 is 11.1 Å². The molecule has 0 atom stereocenters. The molecular weight excluding hydrogens is 353 g/mol. The van der Waals surface area contributed by atoms with Crippen LogP contribution in [-0.2, 0) is 0 Å². The van der Waals surface area contributed by atoms with E-state index in [4.69, 9.17) is 11.0 Å². The van der Waals surface area contributed by atoms with Gasteiger partial charge in [0.1, 0.15) is 24.0 Å². The molecule has 2 aromatic rings. The molecule has 0 bridgehead atoms. The van der Waals surface area contributed by atoms with Crippen molar-refractivity contribution in [1.82, 2.24) is 14.8 Å². The maximum absolute atomic E-state index is 12.2. The van der Waals surface area contributed by atoms with E-state index in [1.807, 2.05) is 0 Å². The molecule has 6 nitrogen and oxygen atoms in total.